The average molecular weight is 315 g/mol. The molecule has 1 aromatic heterocycles. The molecule has 0 saturated carbocycles. The van der Waals surface area contributed by atoms with Crippen molar-refractivity contribution >= 4 is 16.8 Å². The Hall–Kier alpha value is -2.02. The van der Waals surface area contributed by atoms with E-state index in [1.54, 1.807) is 6.20 Å². The maximum absolute atomic E-state index is 11.2. The first-order valence-electron chi connectivity index (χ1n) is 7.69. The van der Waals surface area contributed by atoms with Crippen LogP contribution in [0.2, 0.25) is 0 Å². The fraction of sp³-hybridized carbons (Fsp3) is 0.412. The van der Waals surface area contributed by atoms with E-state index in [1.807, 2.05) is 30.3 Å². The number of para-hydroxylation sites is 1. The van der Waals surface area contributed by atoms with Crippen LogP contribution >= 0.6 is 0 Å². The van der Waals surface area contributed by atoms with Gasteiger partial charge in [-0.2, -0.15) is 0 Å². The first-order valence-corrected chi connectivity index (χ1v) is 7.69. The lowest BCUT2D eigenvalue weighted by molar-refractivity contribution is -0.125. The number of hydrogen-bond donors (Lipinski definition) is 2. The van der Waals surface area contributed by atoms with Crippen molar-refractivity contribution in [3.63, 3.8) is 0 Å². The summed E-state index contributed by atoms with van der Waals surface area (Å²) >= 11 is 0. The van der Waals surface area contributed by atoms with Crippen molar-refractivity contribution < 1.29 is 14.6 Å². The summed E-state index contributed by atoms with van der Waals surface area (Å²) in [6.45, 7) is 2.31. The van der Waals surface area contributed by atoms with Crippen LogP contribution in [-0.2, 0) is 16.1 Å². The van der Waals surface area contributed by atoms with E-state index in [2.05, 4.69) is 9.88 Å². The van der Waals surface area contributed by atoms with E-state index in [4.69, 9.17) is 10.5 Å². The smallest absolute Gasteiger partial charge is 0.220 e. The molecule has 2 heterocycles. The Bertz CT molecular complexity index is 701. The number of β-amino-alcohol motifs (C(OH)–C–C–N with tert-alkyl or cyclic N) is 1. The molecule has 1 fully saturated rings. The third kappa shape index (κ3) is 3.85. The molecule has 1 amide bonds. The summed E-state index contributed by atoms with van der Waals surface area (Å²) in [5.41, 5.74) is 6.06. The highest BCUT2D eigenvalue weighted by Gasteiger charge is 2.34. The molecule has 0 radical (unpaired) electrons. The zero-order valence-electron chi connectivity index (χ0n) is 12.9. The Morgan fingerprint density at radius 1 is 1.39 bits per heavy atom. The number of hydrogen-bond acceptors (Lipinski definition) is 5. The number of ether oxygens (including phenoxy) is 1. The standard InChI is InChI=1S/C17H21N3O3/c18-15(21)9-17(22)11-20(7-8-23-12-17)10-14-4-1-3-13-5-2-6-19-16(13)14/h1-6,22H,7-12H2,(H2,18,21)/t17-/m0/s1. The minimum absolute atomic E-state index is 0.0999. The number of nitrogens with zero attached hydrogens (tertiary/aromatic N) is 2. The summed E-state index contributed by atoms with van der Waals surface area (Å²) in [4.78, 5) is 17.7. The van der Waals surface area contributed by atoms with E-state index in [0.29, 0.717) is 26.2 Å². The highest BCUT2D eigenvalue weighted by atomic mass is 16.5. The molecule has 0 unspecified atom stereocenters. The van der Waals surface area contributed by atoms with Gasteiger partial charge in [0.25, 0.3) is 0 Å². The van der Waals surface area contributed by atoms with Gasteiger partial charge < -0.3 is 15.6 Å². The number of amides is 1. The largest absolute Gasteiger partial charge is 0.386 e. The van der Waals surface area contributed by atoms with Crippen molar-refractivity contribution in [2.45, 2.75) is 18.6 Å². The molecule has 3 rings (SSSR count). The zero-order chi connectivity index (χ0) is 16.3. The van der Waals surface area contributed by atoms with Crippen molar-refractivity contribution in [3.05, 3.63) is 42.1 Å². The molecule has 3 N–H and O–H groups in total. The predicted octanol–water partition coefficient (Wildman–Crippen LogP) is 0.673. The molecule has 23 heavy (non-hydrogen) atoms. The molecular formula is C17H21N3O3. The molecule has 122 valence electrons. The summed E-state index contributed by atoms with van der Waals surface area (Å²) in [7, 11) is 0. The summed E-state index contributed by atoms with van der Waals surface area (Å²) in [6, 6.07) is 10.0. The van der Waals surface area contributed by atoms with E-state index in [0.717, 1.165) is 16.5 Å². The lowest BCUT2D eigenvalue weighted by Crippen LogP contribution is -2.46. The van der Waals surface area contributed by atoms with Crippen LogP contribution in [-0.4, -0.2) is 52.8 Å². The van der Waals surface area contributed by atoms with Gasteiger partial charge in [-0.25, -0.2) is 0 Å². The Kier molecular flexibility index (Phi) is 4.56. The van der Waals surface area contributed by atoms with E-state index >= 15 is 0 Å². The van der Waals surface area contributed by atoms with Crippen molar-refractivity contribution in [2.75, 3.05) is 26.3 Å². The van der Waals surface area contributed by atoms with Crippen molar-refractivity contribution in [3.8, 4) is 0 Å². The summed E-state index contributed by atoms with van der Waals surface area (Å²) in [5, 5.41) is 11.7. The number of benzene rings is 1. The molecule has 1 atom stereocenters. The highest BCUT2D eigenvalue weighted by Crippen LogP contribution is 2.21. The highest BCUT2D eigenvalue weighted by molar-refractivity contribution is 5.81. The molecule has 6 heteroatoms. The van der Waals surface area contributed by atoms with Gasteiger partial charge in [0.15, 0.2) is 0 Å². The first kappa shape index (κ1) is 15.9. The van der Waals surface area contributed by atoms with Crippen LogP contribution in [0.25, 0.3) is 10.9 Å². The van der Waals surface area contributed by atoms with Gasteiger partial charge in [0.05, 0.1) is 25.2 Å². The minimum Gasteiger partial charge on any atom is -0.386 e. The van der Waals surface area contributed by atoms with E-state index in [1.165, 1.54) is 0 Å². The predicted molar refractivity (Wildman–Crippen MR) is 86.6 cm³/mol. The molecule has 1 aliphatic rings. The fourth-order valence-corrected chi connectivity index (χ4v) is 3.10. The van der Waals surface area contributed by atoms with Gasteiger partial charge in [0.1, 0.15) is 5.60 Å². The van der Waals surface area contributed by atoms with Crippen LogP contribution in [0.1, 0.15) is 12.0 Å². The fourth-order valence-electron chi connectivity index (χ4n) is 3.10. The molecule has 1 aliphatic heterocycles. The van der Waals surface area contributed by atoms with Crippen LogP contribution in [0.5, 0.6) is 0 Å². The van der Waals surface area contributed by atoms with E-state index in [9.17, 15) is 9.90 Å². The molecule has 2 aromatic rings. The van der Waals surface area contributed by atoms with Crippen molar-refractivity contribution in [2.24, 2.45) is 5.73 Å². The summed E-state index contributed by atoms with van der Waals surface area (Å²) < 4.78 is 5.45. The van der Waals surface area contributed by atoms with Gasteiger partial charge in [-0.1, -0.05) is 24.3 Å². The average Bonchev–Trinajstić information content (AvgIpc) is 2.68. The quantitative estimate of drug-likeness (QED) is 0.866. The van der Waals surface area contributed by atoms with Crippen LogP contribution < -0.4 is 5.73 Å². The summed E-state index contributed by atoms with van der Waals surface area (Å²) in [5.74, 6) is -0.523. The zero-order valence-corrected chi connectivity index (χ0v) is 12.9. The Morgan fingerprint density at radius 2 is 2.22 bits per heavy atom. The van der Waals surface area contributed by atoms with Crippen LogP contribution in [0.3, 0.4) is 0 Å². The van der Waals surface area contributed by atoms with Crippen molar-refractivity contribution in [1.82, 2.24) is 9.88 Å². The Labute approximate surface area is 134 Å². The SMILES string of the molecule is NC(=O)C[C@@]1(O)COCCN(Cc2cccc3cccnc23)C1. The minimum atomic E-state index is -1.24. The number of pyridine rings is 1. The first-order chi connectivity index (χ1) is 11.1. The van der Waals surface area contributed by atoms with Gasteiger partial charge >= 0.3 is 0 Å². The molecule has 0 bridgehead atoms. The number of primary amides is 1. The monoisotopic (exact) mass is 315 g/mol. The van der Waals surface area contributed by atoms with Crippen LogP contribution in [0.15, 0.2) is 36.5 Å². The number of rotatable bonds is 4. The molecule has 1 saturated heterocycles. The van der Waals surface area contributed by atoms with Gasteiger partial charge in [0.2, 0.25) is 5.91 Å². The van der Waals surface area contributed by atoms with Crippen molar-refractivity contribution in [1.29, 1.82) is 0 Å². The maximum Gasteiger partial charge on any atom is 0.220 e. The Balaban J connectivity index is 1.81. The van der Waals surface area contributed by atoms with Crippen LogP contribution in [0.4, 0.5) is 0 Å². The third-order valence-electron chi connectivity index (χ3n) is 4.05. The summed E-state index contributed by atoms with van der Waals surface area (Å²) in [6.07, 6.45) is 1.68. The van der Waals surface area contributed by atoms with Gasteiger partial charge in [-0.15, -0.1) is 0 Å². The van der Waals surface area contributed by atoms with Gasteiger partial charge in [-0.3, -0.25) is 14.7 Å². The van der Waals surface area contributed by atoms with Gasteiger partial charge in [-0.05, 0) is 11.6 Å². The number of aromatic nitrogens is 1. The van der Waals surface area contributed by atoms with E-state index in [-0.39, 0.29) is 13.0 Å². The maximum atomic E-state index is 11.2. The normalized spacial score (nSPS) is 22.8. The number of carbonyl (C=O) groups excluding carboxylic acids is 1. The second kappa shape index (κ2) is 6.62. The molecular weight excluding hydrogens is 294 g/mol. The lowest BCUT2D eigenvalue weighted by atomic mass is 9.99. The number of aliphatic hydroxyl groups is 1. The van der Waals surface area contributed by atoms with E-state index < -0.39 is 11.5 Å². The van der Waals surface area contributed by atoms with Crippen LogP contribution in [0, 0.1) is 0 Å². The third-order valence-corrected chi connectivity index (χ3v) is 4.05. The topological polar surface area (TPSA) is 88.7 Å². The number of nitrogens with two attached hydrogens (primary N) is 1. The molecule has 1 aromatic carbocycles. The van der Waals surface area contributed by atoms with Gasteiger partial charge in [0, 0.05) is 31.2 Å². The number of carbonyl (C=O) groups is 1. The Morgan fingerprint density at radius 3 is 3.04 bits per heavy atom. The second-order valence-electron chi connectivity index (χ2n) is 6.12. The second-order valence-corrected chi connectivity index (χ2v) is 6.12. The lowest BCUT2D eigenvalue weighted by Gasteiger charge is -2.29. The number of fused-ring (bicyclic) bond motifs is 1. The molecule has 0 aliphatic carbocycles. The molecule has 0 spiro atoms. The molecule has 6 nitrogen and oxygen atoms in total.